The maximum absolute atomic E-state index is 11.4. The number of hydrogen-bond donors (Lipinski definition) is 2. The zero-order valence-corrected chi connectivity index (χ0v) is 9.77. The first-order valence-corrected chi connectivity index (χ1v) is 5.26. The highest BCUT2D eigenvalue weighted by Crippen LogP contribution is 2.16. The van der Waals surface area contributed by atoms with Crippen LogP contribution in [0.15, 0.2) is 24.3 Å². The number of anilines is 1. The molecule has 0 saturated carbocycles. The van der Waals surface area contributed by atoms with E-state index >= 15 is 0 Å². The summed E-state index contributed by atoms with van der Waals surface area (Å²) >= 11 is 0. The highest BCUT2D eigenvalue weighted by molar-refractivity contribution is 5.87. The number of rotatable bonds is 4. The fourth-order valence-electron chi connectivity index (χ4n) is 1.31. The summed E-state index contributed by atoms with van der Waals surface area (Å²) in [5.41, 5.74) is 1.00. The first-order valence-electron chi connectivity index (χ1n) is 5.26. The van der Waals surface area contributed by atoms with Gasteiger partial charge < -0.3 is 9.84 Å². The van der Waals surface area contributed by atoms with Crippen LogP contribution < -0.4 is 5.32 Å². The monoisotopic (exact) mass is 237 g/mol. The summed E-state index contributed by atoms with van der Waals surface area (Å²) in [6.07, 6.45) is -0.947. The summed E-state index contributed by atoms with van der Waals surface area (Å²) < 4.78 is 4.92. The number of carbonyl (C=O) groups excluding carboxylic acids is 1. The van der Waals surface area contributed by atoms with Crippen LogP contribution in [0, 0.1) is 0 Å². The SMILES string of the molecule is CC(C)OC(=O)Nc1ccccc1CC(=O)O. The van der Waals surface area contributed by atoms with Crippen molar-refractivity contribution >= 4 is 17.7 Å². The lowest BCUT2D eigenvalue weighted by molar-refractivity contribution is -0.136. The molecule has 0 spiro atoms. The lowest BCUT2D eigenvalue weighted by atomic mass is 10.1. The zero-order valence-electron chi connectivity index (χ0n) is 9.77. The largest absolute Gasteiger partial charge is 0.481 e. The zero-order chi connectivity index (χ0) is 12.8. The van der Waals surface area contributed by atoms with Gasteiger partial charge in [-0.2, -0.15) is 0 Å². The fourth-order valence-corrected chi connectivity index (χ4v) is 1.31. The van der Waals surface area contributed by atoms with Gasteiger partial charge in [0.25, 0.3) is 0 Å². The minimum Gasteiger partial charge on any atom is -0.481 e. The number of benzene rings is 1. The van der Waals surface area contributed by atoms with Crippen LogP contribution >= 0.6 is 0 Å². The molecule has 1 aromatic rings. The number of nitrogens with one attached hydrogen (secondary N) is 1. The van der Waals surface area contributed by atoms with E-state index in [0.29, 0.717) is 11.3 Å². The van der Waals surface area contributed by atoms with E-state index in [9.17, 15) is 9.59 Å². The van der Waals surface area contributed by atoms with Crippen LogP contribution in [0.25, 0.3) is 0 Å². The molecule has 0 aliphatic heterocycles. The van der Waals surface area contributed by atoms with E-state index < -0.39 is 12.1 Å². The summed E-state index contributed by atoms with van der Waals surface area (Å²) in [5, 5.41) is 11.2. The number of carboxylic acids is 1. The summed E-state index contributed by atoms with van der Waals surface area (Å²) in [7, 11) is 0. The predicted molar refractivity (Wildman–Crippen MR) is 63.0 cm³/mol. The Morgan fingerprint density at radius 3 is 2.59 bits per heavy atom. The maximum atomic E-state index is 11.4. The van der Waals surface area contributed by atoms with Gasteiger partial charge in [-0.15, -0.1) is 0 Å². The molecule has 0 bridgehead atoms. The van der Waals surface area contributed by atoms with Crippen LogP contribution in [0.3, 0.4) is 0 Å². The fraction of sp³-hybridized carbons (Fsp3) is 0.333. The second kappa shape index (κ2) is 5.89. The smallest absolute Gasteiger partial charge is 0.411 e. The van der Waals surface area contributed by atoms with Gasteiger partial charge in [-0.1, -0.05) is 18.2 Å². The Hall–Kier alpha value is -2.04. The van der Waals surface area contributed by atoms with Crippen molar-refractivity contribution in [2.24, 2.45) is 0 Å². The van der Waals surface area contributed by atoms with E-state index in [-0.39, 0.29) is 12.5 Å². The van der Waals surface area contributed by atoms with E-state index in [4.69, 9.17) is 9.84 Å². The van der Waals surface area contributed by atoms with Crippen LogP contribution in [0.5, 0.6) is 0 Å². The highest BCUT2D eigenvalue weighted by atomic mass is 16.6. The highest BCUT2D eigenvalue weighted by Gasteiger charge is 2.10. The van der Waals surface area contributed by atoms with Gasteiger partial charge in [0.05, 0.1) is 12.5 Å². The summed E-state index contributed by atoms with van der Waals surface area (Å²) in [5.74, 6) is -0.948. The van der Waals surface area contributed by atoms with Crippen molar-refractivity contribution in [1.82, 2.24) is 0 Å². The Balaban J connectivity index is 2.76. The molecule has 0 aliphatic rings. The lowest BCUT2D eigenvalue weighted by Crippen LogP contribution is -2.19. The Morgan fingerprint density at radius 2 is 2.00 bits per heavy atom. The first kappa shape index (κ1) is 13.0. The van der Waals surface area contributed by atoms with Gasteiger partial charge in [0.1, 0.15) is 0 Å². The molecule has 0 heterocycles. The van der Waals surface area contributed by atoms with Crippen molar-refractivity contribution in [3.05, 3.63) is 29.8 Å². The van der Waals surface area contributed by atoms with Crippen LogP contribution in [0.1, 0.15) is 19.4 Å². The molecule has 1 rings (SSSR count). The van der Waals surface area contributed by atoms with E-state index in [1.54, 1.807) is 38.1 Å². The number of ether oxygens (including phenoxy) is 1. The van der Waals surface area contributed by atoms with Crippen LogP contribution in [-0.4, -0.2) is 23.3 Å². The number of para-hydroxylation sites is 1. The molecule has 92 valence electrons. The molecule has 0 aromatic heterocycles. The van der Waals surface area contributed by atoms with Crippen molar-refractivity contribution in [2.75, 3.05) is 5.32 Å². The molecule has 0 saturated heterocycles. The van der Waals surface area contributed by atoms with E-state index in [1.165, 1.54) is 0 Å². The predicted octanol–water partition coefficient (Wildman–Crippen LogP) is 2.27. The van der Waals surface area contributed by atoms with Crippen molar-refractivity contribution in [3.8, 4) is 0 Å². The van der Waals surface area contributed by atoms with Crippen molar-refractivity contribution in [2.45, 2.75) is 26.4 Å². The minimum atomic E-state index is -0.948. The molecule has 17 heavy (non-hydrogen) atoms. The number of carboxylic acid groups (broad SMARTS) is 1. The third-order valence-electron chi connectivity index (χ3n) is 1.94. The molecule has 1 amide bonds. The molecular weight excluding hydrogens is 222 g/mol. The van der Waals surface area contributed by atoms with Gasteiger partial charge in [0.15, 0.2) is 0 Å². The quantitative estimate of drug-likeness (QED) is 0.842. The number of hydrogen-bond acceptors (Lipinski definition) is 3. The van der Waals surface area contributed by atoms with Gasteiger partial charge in [0, 0.05) is 5.69 Å². The lowest BCUT2D eigenvalue weighted by Gasteiger charge is -2.11. The standard InChI is InChI=1S/C12H15NO4/c1-8(2)17-12(16)13-10-6-4-3-5-9(10)7-11(14)15/h3-6,8H,7H2,1-2H3,(H,13,16)(H,14,15). The number of carbonyl (C=O) groups is 2. The first-order chi connectivity index (χ1) is 7.99. The Labute approximate surface area is 99.4 Å². The molecule has 1 aromatic carbocycles. The summed E-state index contributed by atoms with van der Waals surface area (Å²) in [6, 6.07) is 6.73. The van der Waals surface area contributed by atoms with Gasteiger partial charge in [-0.05, 0) is 25.5 Å². The number of aliphatic carboxylic acids is 1. The second-order valence-corrected chi connectivity index (χ2v) is 3.81. The molecule has 0 fully saturated rings. The second-order valence-electron chi connectivity index (χ2n) is 3.81. The summed E-state index contributed by atoms with van der Waals surface area (Å²) in [4.78, 5) is 22.0. The van der Waals surface area contributed by atoms with Gasteiger partial charge in [-0.25, -0.2) is 4.79 Å². The van der Waals surface area contributed by atoms with Crippen LogP contribution in [-0.2, 0) is 16.0 Å². The molecule has 0 aliphatic carbocycles. The molecular formula is C12H15NO4. The molecule has 0 radical (unpaired) electrons. The Bertz CT molecular complexity index is 415. The average Bonchev–Trinajstić information content (AvgIpc) is 2.18. The molecule has 5 nitrogen and oxygen atoms in total. The van der Waals surface area contributed by atoms with Gasteiger partial charge >= 0.3 is 12.1 Å². The molecule has 0 atom stereocenters. The normalized spacial score (nSPS) is 10.1. The van der Waals surface area contributed by atoms with Crippen molar-refractivity contribution in [3.63, 3.8) is 0 Å². The third kappa shape index (κ3) is 4.55. The maximum Gasteiger partial charge on any atom is 0.411 e. The van der Waals surface area contributed by atoms with Crippen molar-refractivity contribution in [1.29, 1.82) is 0 Å². The van der Waals surface area contributed by atoms with Gasteiger partial charge in [0.2, 0.25) is 0 Å². The minimum absolute atomic E-state index is 0.141. The van der Waals surface area contributed by atoms with E-state index in [2.05, 4.69) is 5.32 Å². The van der Waals surface area contributed by atoms with Gasteiger partial charge in [-0.3, -0.25) is 10.1 Å². The third-order valence-corrected chi connectivity index (χ3v) is 1.94. The van der Waals surface area contributed by atoms with Crippen molar-refractivity contribution < 1.29 is 19.4 Å². The van der Waals surface area contributed by atoms with Crippen LogP contribution in [0.2, 0.25) is 0 Å². The molecule has 2 N–H and O–H groups in total. The topological polar surface area (TPSA) is 75.6 Å². The number of amides is 1. The average molecular weight is 237 g/mol. The van der Waals surface area contributed by atoms with E-state index in [0.717, 1.165) is 0 Å². The van der Waals surface area contributed by atoms with Crippen LogP contribution in [0.4, 0.5) is 10.5 Å². The Morgan fingerprint density at radius 1 is 1.35 bits per heavy atom. The Kier molecular flexibility index (Phi) is 4.51. The molecule has 5 heteroatoms. The molecule has 0 unspecified atom stereocenters. The summed E-state index contributed by atoms with van der Waals surface area (Å²) in [6.45, 7) is 3.48. The van der Waals surface area contributed by atoms with E-state index in [1.807, 2.05) is 0 Å².